The lowest BCUT2D eigenvalue weighted by molar-refractivity contribution is -0.116. The average Bonchev–Trinajstić information content (AvgIpc) is 3.24. The number of aromatic nitrogens is 1. The van der Waals surface area contributed by atoms with Gasteiger partial charge in [-0.2, -0.15) is 0 Å². The van der Waals surface area contributed by atoms with Gasteiger partial charge >= 0.3 is 0 Å². The van der Waals surface area contributed by atoms with Gasteiger partial charge in [-0.3, -0.25) is 9.59 Å². The third kappa shape index (κ3) is 5.56. The number of hydrogen-bond acceptors (Lipinski definition) is 5. The summed E-state index contributed by atoms with van der Waals surface area (Å²) in [5, 5.41) is 5.75. The Hall–Kier alpha value is -3.58. The molecule has 0 saturated heterocycles. The zero-order valence-electron chi connectivity index (χ0n) is 17.6. The summed E-state index contributed by atoms with van der Waals surface area (Å²) in [5.74, 6) is 0.752. The molecule has 1 aromatic heterocycles. The second-order valence-electron chi connectivity index (χ2n) is 7.22. The van der Waals surface area contributed by atoms with Crippen molar-refractivity contribution < 1.29 is 14.0 Å². The van der Waals surface area contributed by atoms with Crippen LogP contribution in [0, 0.1) is 0 Å². The summed E-state index contributed by atoms with van der Waals surface area (Å²) in [6.45, 7) is 1.97. The number of oxazole rings is 1. The first-order valence-electron chi connectivity index (χ1n) is 10.4. The molecule has 1 heterocycles. The van der Waals surface area contributed by atoms with Crippen LogP contribution in [-0.4, -0.2) is 22.6 Å². The highest BCUT2D eigenvalue weighted by Gasteiger charge is 2.09. The van der Waals surface area contributed by atoms with Crippen molar-refractivity contribution in [3.8, 4) is 11.5 Å². The summed E-state index contributed by atoms with van der Waals surface area (Å²) in [5.41, 5.74) is 3.88. The maximum Gasteiger partial charge on any atom is 0.234 e. The van der Waals surface area contributed by atoms with Crippen LogP contribution in [0.2, 0.25) is 0 Å². The molecule has 0 saturated carbocycles. The van der Waals surface area contributed by atoms with E-state index in [4.69, 9.17) is 4.42 Å². The van der Waals surface area contributed by atoms with E-state index < -0.39 is 0 Å². The van der Waals surface area contributed by atoms with Crippen LogP contribution in [0.25, 0.3) is 22.6 Å². The van der Waals surface area contributed by atoms with E-state index in [1.165, 1.54) is 11.8 Å². The zero-order chi connectivity index (χ0) is 22.3. The highest BCUT2D eigenvalue weighted by atomic mass is 32.2. The smallest absolute Gasteiger partial charge is 0.234 e. The summed E-state index contributed by atoms with van der Waals surface area (Å²) < 4.78 is 5.78. The fourth-order valence-corrected chi connectivity index (χ4v) is 3.82. The van der Waals surface area contributed by atoms with Gasteiger partial charge in [0.2, 0.25) is 17.7 Å². The first-order chi connectivity index (χ1) is 15.6. The summed E-state index contributed by atoms with van der Waals surface area (Å²) in [6, 6.07) is 22.5. The van der Waals surface area contributed by atoms with E-state index in [1.807, 2.05) is 79.7 Å². The number of thioether (sulfide) groups is 1. The van der Waals surface area contributed by atoms with Crippen LogP contribution in [0.5, 0.6) is 0 Å². The minimum absolute atomic E-state index is 0.00871. The van der Waals surface area contributed by atoms with Crippen molar-refractivity contribution in [2.75, 3.05) is 16.4 Å². The van der Waals surface area contributed by atoms with E-state index in [1.54, 1.807) is 0 Å². The third-order valence-electron chi connectivity index (χ3n) is 4.69. The molecule has 0 bridgehead atoms. The molecule has 4 aromatic rings. The van der Waals surface area contributed by atoms with Crippen molar-refractivity contribution in [1.29, 1.82) is 0 Å². The molecule has 0 aliphatic heterocycles. The van der Waals surface area contributed by atoms with Gasteiger partial charge in [0.15, 0.2) is 5.58 Å². The van der Waals surface area contributed by atoms with Crippen molar-refractivity contribution in [3.63, 3.8) is 0 Å². The second-order valence-corrected chi connectivity index (χ2v) is 8.27. The fraction of sp³-hybridized carbons (Fsp3) is 0.160. The Kier molecular flexibility index (Phi) is 6.87. The number of benzene rings is 3. The predicted molar refractivity (Wildman–Crippen MR) is 129 cm³/mol. The van der Waals surface area contributed by atoms with Crippen LogP contribution < -0.4 is 10.6 Å². The minimum Gasteiger partial charge on any atom is -0.436 e. The Labute approximate surface area is 190 Å². The standard InChI is InChI=1S/C25H23N3O3S/c1-2-5-23(29)26-19-12-14-20(15-13-19)32-16-24(30)27-18-10-8-17(9-11-18)25-28-21-6-3-4-7-22(21)31-25/h3-4,6-15H,2,5,16H2,1H3,(H,26,29)(H,27,30). The van der Waals surface area contributed by atoms with E-state index in [0.717, 1.165) is 33.7 Å². The molecule has 7 heteroatoms. The van der Waals surface area contributed by atoms with Gasteiger partial charge in [-0.15, -0.1) is 11.8 Å². The van der Waals surface area contributed by atoms with Crippen LogP contribution in [0.4, 0.5) is 11.4 Å². The summed E-state index contributed by atoms with van der Waals surface area (Å²) in [7, 11) is 0. The van der Waals surface area contributed by atoms with Crippen LogP contribution in [0.15, 0.2) is 82.1 Å². The Balaban J connectivity index is 1.29. The van der Waals surface area contributed by atoms with Gasteiger partial charge < -0.3 is 15.1 Å². The highest BCUT2D eigenvalue weighted by Crippen LogP contribution is 2.25. The van der Waals surface area contributed by atoms with E-state index in [2.05, 4.69) is 15.6 Å². The summed E-state index contributed by atoms with van der Waals surface area (Å²) in [4.78, 5) is 29.4. The molecule has 0 aliphatic rings. The Morgan fingerprint density at radius 1 is 0.875 bits per heavy atom. The third-order valence-corrected chi connectivity index (χ3v) is 5.71. The quantitative estimate of drug-likeness (QED) is 0.327. The van der Waals surface area contributed by atoms with Gasteiger partial charge in [0, 0.05) is 28.3 Å². The largest absolute Gasteiger partial charge is 0.436 e. The lowest BCUT2D eigenvalue weighted by Crippen LogP contribution is -2.13. The van der Waals surface area contributed by atoms with Crippen molar-refractivity contribution in [2.45, 2.75) is 24.7 Å². The number of nitrogens with one attached hydrogen (secondary N) is 2. The lowest BCUT2D eigenvalue weighted by atomic mass is 10.2. The average molecular weight is 446 g/mol. The Morgan fingerprint density at radius 2 is 1.53 bits per heavy atom. The number of carbonyl (C=O) groups excluding carboxylic acids is 2. The molecule has 2 amide bonds. The van der Waals surface area contributed by atoms with Gasteiger partial charge in [-0.25, -0.2) is 4.98 Å². The van der Waals surface area contributed by atoms with Gasteiger partial charge in [-0.1, -0.05) is 19.1 Å². The van der Waals surface area contributed by atoms with Crippen LogP contribution in [0.1, 0.15) is 19.8 Å². The number of amides is 2. The van der Waals surface area contributed by atoms with E-state index in [9.17, 15) is 9.59 Å². The summed E-state index contributed by atoms with van der Waals surface area (Å²) in [6.07, 6.45) is 1.32. The number of para-hydroxylation sites is 2. The number of rotatable bonds is 8. The highest BCUT2D eigenvalue weighted by molar-refractivity contribution is 8.00. The van der Waals surface area contributed by atoms with E-state index >= 15 is 0 Å². The molecule has 2 N–H and O–H groups in total. The normalized spacial score (nSPS) is 10.8. The van der Waals surface area contributed by atoms with E-state index in [0.29, 0.717) is 18.0 Å². The molecule has 0 unspecified atom stereocenters. The number of nitrogens with zero attached hydrogens (tertiary/aromatic N) is 1. The number of carbonyl (C=O) groups is 2. The number of fused-ring (bicyclic) bond motifs is 1. The van der Waals surface area contributed by atoms with Crippen LogP contribution in [0.3, 0.4) is 0 Å². The Bertz CT molecular complexity index is 1180. The molecular formula is C25H23N3O3S. The molecule has 3 aromatic carbocycles. The Morgan fingerprint density at radius 3 is 2.22 bits per heavy atom. The molecule has 0 radical (unpaired) electrons. The minimum atomic E-state index is -0.0927. The lowest BCUT2D eigenvalue weighted by Gasteiger charge is -2.07. The SMILES string of the molecule is CCCC(=O)Nc1ccc(SCC(=O)Nc2ccc(-c3nc4ccccc4o3)cc2)cc1. The van der Waals surface area contributed by atoms with Crippen LogP contribution in [-0.2, 0) is 9.59 Å². The topological polar surface area (TPSA) is 84.2 Å². The van der Waals surface area contributed by atoms with Crippen LogP contribution >= 0.6 is 11.8 Å². The monoisotopic (exact) mass is 445 g/mol. The zero-order valence-corrected chi connectivity index (χ0v) is 18.4. The maximum atomic E-state index is 12.3. The second kappa shape index (κ2) is 10.2. The van der Waals surface area contributed by atoms with Gasteiger partial charge in [0.05, 0.1) is 5.75 Å². The molecular weight excluding hydrogens is 422 g/mol. The molecule has 0 spiro atoms. The van der Waals surface area contributed by atoms with Gasteiger partial charge in [0.25, 0.3) is 0 Å². The van der Waals surface area contributed by atoms with Crippen molar-refractivity contribution in [1.82, 2.24) is 4.98 Å². The molecule has 4 rings (SSSR count). The van der Waals surface area contributed by atoms with Gasteiger partial charge in [0.1, 0.15) is 5.52 Å². The molecule has 0 atom stereocenters. The number of hydrogen-bond donors (Lipinski definition) is 2. The number of anilines is 2. The molecule has 0 aliphatic carbocycles. The van der Waals surface area contributed by atoms with Gasteiger partial charge in [-0.05, 0) is 67.1 Å². The van der Waals surface area contributed by atoms with Crippen molar-refractivity contribution in [2.24, 2.45) is 0 Å². The molecule has 0 fully saturated rings. The van der Waals surface area contributed by atoms with E-state index in [-0.39, 0.29) is 17.6 Å². The first-order valence-corrected chi connectivity index (χ1v) is 11.4. The molecule has 162 valence electrons. The molecule has 6 nitrogen and oxygen atoms in total. The summed E-state index contributed by atoms with van der Waals surface area (Å²) >= 11 is 1.44. The first kappa shape index (κ1) is 21.6. The maximum absolute atomic E-state index is 12.3. The predicted octanol–water partition coefficient (Wildman–Crippen LogP) is 5.96. The van der Waals surface area contributed by atoms with Crippen molar-refractivity contribution >= 4 is 46.1 Å². The molecule has 32 heavy (non-hydrogen) atoms. The fourth-order valence-electron chi connectivity index (χ4n) is 3.12. The van der Waals surface area contributed by atoms with Crippen molar-refractivity contribution in [3.05, 3.63) is 72.8 Å².